The topological polar surface area (TPSA) is 126 Å². The summed E-state index contributed by atoms with van der Waals surface area (Å²) in [5, 5.41) is 8.39. The lowest BCUT2D eigenvalue weighted by Crippen LogP contribution is -2.37. The quantitative estimate of drug-likeness (QED) is 0.599. The number of hydrogen-bond acceptors (Lipinski definition) is 7. The molecule has 0 aliphatic heterocycles. The van der Waals surface area contributed by atoms with Crippen molar-refractivity contribution in [3.05, 3.63) is 0 Å². The number of nitrogens with zero attached hydrogens (tertiary/aromatic N) is 1. The van der Waals surface area contributed by atoms with Crippen molar-refractivity contribution in [2.24, 2.45) is 5.41 Å². The molecule has 1 N–H and O–H groups in total. The average molecular weight is 496 g/mol. The van der Waals surface area contributed by atoms with Crippen LogP contribution in [0.2, 0.25) is 0 Å². The highest BCUT2D eigenvalue weighted by Gasteiger charge is 2.29. The molecule has 0 saturated heterocycles. The van der Waals surface area contributed by atoms with Crippen LogP contribution in [-0.2, 0) is 29.7 Å². The van der Waals surface area contributed by atoms with Gasteiger partial charge in [0.25, 0.3) is 0 Å². The van der Waals surface area contributed by atoms with Gasteiger partial charge in [-0.3, -0.25) is 0 Å². The number of aliphatic hydroxyl groups is 1. The molecule has 0 radical (unpaired) electrons. The van der Waals surface area contributed by atoms with E-state index in [9.17, 15) is 25.3 Å². The van der Waals surface area contributed by atoms with Gasteiger partial charge in [0.05, 0.1) is 33.9 Å². The largest absolute Gasteiger partial charge is 0.395 e. The van der Waals surface area contributed by atoms with Gasteiger partial charge >= 0.3 is 0 Å². The van der Waals surface area contributed by atoms with E-state index in [4.69, 9.17) is 5.11 Å². The summed E-state index contributed by atoms with van der Waals surface area (Å²) in [6.45, 7) is 18.1. The molecule has 30 heavy (non-hydrogen) atoms. The summed E-state index contributed by atoms with van der Waals surface area (Å²) < 4.78 is 67.0. The Morgan fingerprint density at radius 1 is 0.667 bits per heavy atom. The molecule has 0 unspecified atom stereocenters. The van der Waals surface area contributed by atoms with E-state index in [2.05, 4.69) is 27.7 Å². The third kappa shape index (κ3) is 17.5. The smallest absolute Gasteiger partial charge is 0.210 e. The molecule has 0 amide bonds. The summed E-state index contributed by atoms with van der Waals surface area (Å²) in [6, 6.07) is 0. The lowest BCUT2D eigenvalue weighted by Gasteiger charge is -2.21. The number of rotatable bonds is 6. The lowest BCUT2D eigenvalue weighted by atomic mass is 10.0. The zero-order valence-corrected chi connectivity index (χ0v) is 23.3. The van der Waals surface area contributed by atoms with E-state index in [1.807, 2.05) is 0 Å². The lowest BCUT2D eigenvalue weighted by molar-refractivity contribution is 0.318. The van der Waals surface area contributed by atoms with Gasteiger partial charge in [-0.2, -0.15) is 0 Å². The minimum absolute atomic E-state index is 0.00155. The second kappa shape index (κ2) is 12.1. The summed E-state index contributed by atoms with van der Waals surface area (Å²) >= 11 is 0. The van der Waals surface area contributed by atoms with Crippen molar-refractivity contribution in [2.45, 2.75) is 78.7 Å². The molecule has 0 saturated carbocycles. The van der Waals surface area contributed by atoms with Crippen LogP contribution in [0.25, 0.3) is 0 Å². The molecule has 0 heterocycles. The van der Waals surface area contributed by atoms with Gasteiger partial charge in [0.15, 0.2) is 19.7 Å². The van der Waals surface area contributed by atoms with Crippen molar-refractivity contribution in [1.82, 2.24) is 4.31 Å². The zero-order chi connectivity index (χ0) is 25.4. The van der Waals surface area contributed by atoms with E-state index in [0.717, 1.165) is 10.6 Å². The summed E-state index contributed by atoms with van der Waals surface area (Å²) in [4.78, 5) is 0. The van der Waals surface area contributed by atoms with E-state index in [0.29, 0.717) is 5.41 Å². The predicted molar refractivity (Wildman–Crippen MR) is 127 cm³/mol. The fourth-order valence-electron chi connectivity index (χ4n) is 1.15. The average Bonchev–Trinajstić information content (AvgIpc) is 2.40. The number of aliphatic hydroxyl groups excluding tert-OH is 1. The van der Waals surface area contributed by atoms with Crippen molar-refractivity contribution in [3.63, 3.8) is 0 Å². The van der Waals surface area contributed by atoms with Crippen LogP contribution in [0.5, 0.6) is 0 Å². The van der Waals surface area contributed by atoms with E-state index in [1.165, 1.54) is 7.05 Å². The van der Waals surface area contributed by atoms with Gasteiger partial charge in [-0.15, -0.1) is 0 Å². The van der Waals surface area contributed by atoms with E-state index in [1.54, 1.807) is 41.5 Å². The van der Waals surface area contributed by atoms with E-state index >= 15 is 0 Å². The maximum atomic E-state index is 11.7. The standard InChI is InChI=1S/C8H19NO4S2.C6H14O3S.C5H12/c1-8(2,3)15(12,13)7-6-9(4)14(5,10)11;1-6(2,3)10(8,9)5-4-7;1-5(2,3)4/h6-7H2,1-5H3;7H,4-5H2,1-3H3;1-4H3. The first-order chi connectivity index (χ1) is 12.7. The van der Waals surface area contributed by atoms with Crippen molar-refractivity contribution >= 4 is 29.7 Å². The molecule has 0 aromatic carbocycles. The monoisotopic (exact) mass is 495 g/mol. The first kappa shape index (κ1) is 34.4. The summed E-state index contributed by atoms with van der Waals surface area (Å²) in [7, 11) is -8.29. The van der Waals surface area contributed by atoms with Crippen LogP contribution < -0.4 is 0 Å². The van der Waals surface area contributed by atoms with E-state index < -0.39 is 39.2 Å². The number of hydrogen-bond donors (Lipinski definition) is 1. The number of sulfone groups is 2. The van der Waals surface area contributed by atoms with Crippen LogP contribution in [0.1, 0.15) is 69.2 Å². The van der Waals surface area contributed by atoms with Crippen molar-refractivity contribution in [3.8, 4) is 0 Å². The minimum atomic E-state index is -3.30. The Balaban J connectivity index is -0.000000417. The second-order valence-electron chi connectivity index (χ2n) is 10.7. The molecule has 11 heteroatoms. The first-order valence-electron chi connectivity index (χ1n) is 9.66. The van der Waals surface area contributed by atoms with Crippen LogP contribution in [0, 0.1) is 5.41 Å². The molecule has 186 valence electrons. The van der Waals surface area contributed by atoms with Gasteiger partial charge in [-0.05, 0) is 47.0 Å². The first-order valence-corrected chi connectivity index (χ1v) is 14.8. The Bertz CT molecular complexity index is 788. The Labute approximate surface area is 186 Å². The zero-order valence-electron chi connectivity index (χ0n) is 20.9. The Kier molecular flexibility index (Phi) is 13.9. The Morgan fingerprint density at radius 3 is 1.10 bits per heavy atom. The second-order valence-corrected chi connectivity index (χ2v) is 18.5. The Morgan fingerprint density at radius 2 is 0.933 bits per heavy atom. The Hall–Kier alpha value is -0.230. The molecule has 0 rings (SSSR count). The number of sulfonamides is 1. The van der Waals surface area contributed by atoms with E-state index in [-0.39, 0.29) is 24.7 Å². The normalized spacial score (nSPS) is 13.8. The molecule has 0 aliphatic rings. The van der Waals surface area contributed by atoms with Crippen LogP contribution in [0.15, 0.2) is 0 Å². The van der Waals surface area contributed by atoms with Gasteiger partial charge < -0.3 is 5.11 Å². The van der Waals surface area contributed by atoms with Crippen LogP contribution in [0.3, 0.4) is 0 Å². The summed E-state index contributed by atoms with van der Waals surface area (Å²) in [6.07, 6.45) is 1.05. The predicted octanol–water partition coefficient (Wildman–Crippen LogP) is 2.34. The maximum Gasteiger partial charge on any atom is 0.210 e. The van der Waals surface area contributed by atoms with Gasteiger partial charge in [0, 0.05) is 13.6 Å². The summed E-state index contributed by atoms with van der Waals surface area (Å²) in [5.74, 6) is -0.295. The van der Waals surface area contributed by atoms with Crippen LogP contribution in [0.4, 0.5) is 0 Å². The van der Waals surface area contributed by atoms with Gasteiger partial charge in [-0.25, -0.2) is 29.6 Å². The van der Waals surface area contributed by atoms with Crippen molar-refractivity contribution in [2.75, 3.05) is 38.0 Å². The third-order valence-electron chi connectivity index (χ3n) is 3.47. The minimum Gasteiger partial charge on any atom is -0.395 e. The molecule has 0 fully saturated rings. The van der Waals surface area contributed by atoms with Crippen LogP contribution in [-0.4, -0.2) is 82.1 Å². The molecular formula is C19H45NO7S3. The highest BCUT2D eigenvalue weighted by molar-refractivity contribution is 7.93. The molecule has 0 bridgehead atoms. The van der Waals surface area contributed by atoms with Crippen molar-refractivity contribution < 1.29 is 30.4 Å². The van der Waals surface area contributed by atoms with Gasteiger partial charge in [0.2, 0.25) is 10.0 Å². The van der Waals surface area contributed by atoms with Crippen molar-refractivity contribution in [1.29, 1.82) is 0 Å². The fourth-order valence-corrected chi connectivity index (χ4v) is 3.66. The molecule has 0 aromatic rings. The molecular weight excluding hydrogens is 450 g/mol. The molecule has 8 nitrogen and oxygen atoms in total. The van der Waals surface area contributed by atoms with Gasteiger partial charge in [0.1, 0.15) is 0 Å². The highest BCUT2D eigenvalue weighted by Crippen LogP contribution is 2.16. The molecule has 0 aliphatic carbocycles. The van der Waals surface area contributed by atoms with Gasteiger partial charge in [-0.1, -0.05) is 27.7 Å². The molecule has 0 spiro atoms. The molecule has 0 atom stereocenters. The summed E-state index contributed by atoms with van der Waals surface area (Å²) in [5.41, 5.74) is 0.500. The fraction of sp³-hybridized carbons (Fsp3) is 1.00. The highest BCUT2D eigenvalue weighted by atomic mass is 32.2. The third-order valence-corrected chi connectivity index (χ3v) is 9.95. The molecule has 0 aromatic heterocycles. The SMILES string of the molecule is CC(C)(C)C.CC(C)(C)S(=O)(=O)CCO.CN(CCS(=O)(=O)C(C)(C)C)S(C)(=O)=O. The maximum absolute atomic E-state index is 11.7. The van der Waals surface area contributed by atoms with Crippen LogP contribution >= 0.6 is 0 Å².